The number of fused-ring (bicyclic) bond motifs is 1. The van der Waals surface area contributed by atoms with Crippen LogP contribution in [0, 0.1) is 0 Å². The van der Waals surface area contributed by atoms with Crippen LogP contribution in [0.3, 0.4) is 0 Å². The monoisotopic (exact) mass is 595 g/mol. The van der Waals surface area contributed by atoms with Gasteiger partial charge in [-0.1, -0.05) is 54.6 Å². The van der Waals surface area contributed by atoms with Gasteiger partial charge in [0.15, 0.2) is 0 Å². The second-order valence-corrected chi connectivity index (χ2v) is 11.4. The Hall–Kier alpha value is -4.86. The molecule has 2 N–H and O–H groups in total. The molecule has 220 valence electrons. The van der Waals surface area contributed by atoms with E-state index in [4.69, 9.17) is 9.47 Å². The quantitative estimate of drug-likeness (QED) is 0.146. The van der Waals surface area contributed by atoms with Crippen LogP contribution in [-0.2, 0) is 10.0 Å². The van der Waals surface area contributed by atoms with Crippen LogP contribution < -0.4 is 24.4 Å². The number of urea groups is 1. The topological polar surface area (TPSA) is 97.0 Å². The van der Waals surface area contributed by atoms with Gasteiger partial charge in [-0.3, -0.25) is 4.90 Å². The Morgan fingerprint density at radius 2 is 1.40 bits per heavy atom. The number of nitrogens with zero attached hydrogens (tertiary/aromatic N) is 1. The first-order chi connectivity index (χ1) is 20.9. The fraction of sp³-hybridized carbons (Fsp3) is 0.147. The number of hydrogen-bond acceptors (Lipinski definition) is 5. The summed E-state index contributed by atoms with van der Waals surface area (Å²) in [6.07, 6.45) is 0.378. The van der Waals surface area contributed by atoms with Gasteiger partial charge in [-0.25, -0.2) is 17.9 Å². The Bertz CT molecular complexity index is 1760. The van der Waals surface area contributed by atoms with Crippen LogP contribution in [0.1, 0.15) is 13.3 Å². The number of carbonyl (C=O) groups excluding carboxylic acids is 1. The average Bonchev–Trinajstić information content (AvgIpc) is 3.03. The van der Waals surface area contributed by atoms with E-state index in [1.807, 2.05) is 61.5 Å². The number of amides is 2. The molecule has 8 nitrogen and oxygen atoms in total. The summed E-state index contributed by atoms with van der Waals surface area (Å²) in [6.45, 7) is 2.87. The van der Waals surface area contributed by atoms with E-state index in [9.17, 15) is 13.2 Å². The summed E-state index contributed by atoms with van der Waals surface area (Å²) in [7, 11) is -3.76. The first-order valence-corrected chi connectivity index (χ1v) is 15.5. The molecule has 0 aliphatic carbocycles. The highest BCUT2D eigenvalue weighted by molar-refractivity contribution is 7.89. The zero-order chi connectivity index (χ0) is 30.1. The molecule has 0 heterocycles. The zero-order valence-electron chi connectivity index (χ0n) is 23.8. The van der Waals surface area contributed by atoms with Crippen LogP contribution in [-0.4, -0.2) is 34.1 Å². The van der Waals surface area contributed by atoms with E-state index >= 15 is 0 Å². The lowest BCUT2D eigenvalue weighted by Crippen LogP contribution is -2.37. The SMILES string of the molecule is CCOc1ccc(NC(=O)N(CCCNS(=O)(=O)c2cccc3ccccc23)c2ccc(Oc3ccccc3)cc2)cc1. The van der Waals surface area contributed by atoms with Crippen molar-refractivity contribution in [2.45, 2.75) is 18.2 Å². The number of anilines is 2. The molecule has 0 spiro atoms. The Balaban J connectivity index is 1.29. The minimum atomic E-state index is -3.76. The van der Waals surface area contributed by atoms with Gasteiger partial charge in [0.2, 0.25) is 10.0 Å². The number of para-hydroxylation sites is 1. The van der Waals surface area contributed by atoms with Crippen molar-refractivity contribution in [3.8, 4) is 17.2 Å². The Labute approximate surface area is 251 Å². The molecule has 0 fully saturated rings. The van der Waals surface area contributed by atoms with E-state index in [1.165, 1.54) is 0 Å². The van der Waals surface area contributed by atoms with Crippen molar-refractivity contribution >= 4 is 38.2 Å². The first kappa shape index (κ1) is 29.6. The third-order valence-electron chi connectivity index (χ3n) is 6.68. The summed E-state index contributed by atoms with van der Waals surface area (Å²) in [5, 5.41) is 4.44. The Morgan fingerprint density at radius 1 is 0.744 bits per heavy atom. The maximum atomic E-state index is 13.5. The molecule has 0 radical (unpaired) electrons. The summed E-state index contributed by atoms with van der Waals surface area (Å²) in [6, 6.07) is 36.0. The van der Waals surface area contributed by atoms with Gasteiger partial charge < -0.3 is 14.8 Å². The molecule has 0 aromatic heterocycles. The molecule has 2 amide bonds. The van der Waals surface area contributed by atoms with Crippen LogP contribution in [0.2, 0.25) is 0 Å². The number of sulfonamides is 1. The molecule has 0 aliphatic heterocycles. The fourth-order valence-electron chi connectivity index (χ4n) is 4.61. The van der Waals surface area contributed by atoms with Gasteiger partial charge >= 0.3 is 6.03 Å². The van der Waals surface area contributed by atoms with E-state index in [-0.39, 0.29) is 24.0 Å². The van der Waals surface area contributed by atoms with Crippen LogP contribution in [0.15, 0.2) is 126 Å². The molecule has 5 aromatic rings. The van der Waals surface area contributed by atoms with E-state index in [0.717, 1.165) is 5.39 Å². The third kappa shape index (κ3) is 7.71. The molecular formula is C34H33N3O5S. The van der Waals surface area contributed by atoms with Crippen molar-refractivity contribution < 1.29 is 22.7 Å². The van der Waals surface area contributed by atoms with Crippen molar-refractivity contribution in [3.05, 3.63) is 121 Å². The highest BCUT2D eigenvalue weighted by Gasteiger charge is 2.19. The Morgan fingerprint density at radius 3 is 2.14 bits per heavy atom. The highest BCUT2D eigenvalue weighted by atomic mass is 32.2. The fourth-order valence-corrected chi connectivity index (χ4v) is 5.91. The van der Waals surface area contributed by atoms with Gasteiger partial charge in [-0.05, 0) is 85.5 Å². The maximum absolute atomic E-state index is 13.5. The number of benzene rings is 5. The molecule has 0 saturated carbocycles. The second kappa shape index (κ2) is 13.9. The summed E-state index contributed by atoms with van der Waals surface area (Å²) < 4.78 is 40.4. The second-order valence-electron chi connectivity index (χ2n) is 9.68. The van der Waals surface area contributed by atoms with Gasteiger partial charge in [-0.2, -0.15) is 0 Å². The third-order valence-corrected chi connectivity index (χ3v) is 8.20. The zero-order valence-corrected chi connectivity index (χ0v) is 24.6. The lowest BCUT2D eigenvalue weighted by molar-refractivity contribution is 0.257. The summed E-state index contributed by atoms with van der Waals surface area (Å²) in [5.74, 6) is 2.05. The largest absolute Gasteiger partial charge is 0.494 e. The van der Waals surface area contributed by atoms with Crippen LogP contribution >= 0.6 is 0 Å². The number of ether oxygens (including phenoxy) is 2. The van der Waals surface area contributed by atoms with Crippen LogP contribution in [0.4, 0.5) is 16.2 Å². The average molecular weight is 596 g/mol. The number of hydrogen-bond donors (Lipinski definition) is 2. The minimum absolute atomic E-state index is 0.146. The first-order valence-electron chi connectivity index (χ1n) is 14.0. The molecule has 0 unspecified atom stereocenters. The number of nitrogens with one attached hydrogen (secondary N) is 2. The highest BCUT2D eigenvalue weighted by Crippen LogP contribution is 2.26. The summed E-state index contributed by atoms with van der Waals surface area (Å²) in [5.41, 5.74) is 1.25. The van der Waals surface area contributed by atoms with Crippen LogP contribution in [0.5, 0.6) is 17.2 Å². The van der Waals surface area contributed by atoms with Crippen LogP contribution in [0.25, 0.3) is 10.8 Å². The lowest BCUT2D eigenvalue weighted by Gasteiger charge is -2.24. The van der Waals surface area contributed by atoms with Crippen molar-refractivity contribution in [1.29, 1.82) is 0 Å². The lowest BCUT2D eigenvalue weighted by atomic mass is 10.1. The van der Waals surface area contributed by atoms with E-state index < -0.39 is 10.0 Å². The molecule has 0 saturated heterocycles. The molecule has 0 aliphatic rings. The molecule has 0 atom stereocenters. The molecular weight excluding hydrogens is 562 g/mol. The summed E-state index contributed by atoms with van der Waals surface area (Å²) >= 11 is 0. The molecule has 43 heavy (non-hydrogen) atoms. The molecule has 9 heteroatoms. The van der Waals surface area contributed by atoms with Crippen molar-refractivity contribution in [2.75, 3.05) is 29.9 Å². The summed E-state index contributed by atoms with van der Waals surface area (Å²) in [4.78, 5) is 15.3. The standard InChI is InChI=1S/C34H33N3O5S/c1-2-41-29-20-16-27(17-21-29)36-34(38)37(28-18-22-31(23-19-28)42-30-12-4-3-5-13-30)25-9-24-35-43(39,40)33-15-8-11-26-10-6-7-14-32(26)33/h3-8,10-23,35H,2,9,24-25H2,1H3,(H,36,38). The Kier molecular flexibility index (Phi) is 9.56. The predicted molar refractivity (Wildman–Crippen MR) is 171 cm³/mol. The van der Waals surface area contributed by atoms with Gasteiger partial charge in [0.25, 0.3) is 0 Å². The molecule has 0 bridgehead atoms. The van der Waals surface area contributed by atoms with E-state index in [1.54, 1.807) is 71.6 Å². The smallest absolute Gasteiger partial charge is 0.326 e. The van der Waals surface area contributed by atoms with Crippen molar-refractivity contribution in [2.24, 2.45) is 0 Å². The van der Waals surface area contributed by atoms with E-state index in [0.29, 0.717) is 47.0 Å². The van der Waals surface area contributed by atoms with Crippen molar-refractivity contribution in [1.82, 2.24) is 4.72 Å². The van der Waals surface area contributed by atoms with Crippen molar-refractivity contribution in [3.63, 3.8) is 0 Å². The van der Waals surface area contributed by atoms with Gasteiger partial charge in [0.1, 0.15) is 17.2 Å². The molecule has 5 rings (SSSR count). The predicted octanol–water partition coefficient (Wildman–Crippen LogP) is 7.44. The normalized spacial score (nSPS) is 11.2. The van der Waals surface area contributed by atoms with E-state index in [2.05, 4.69) is 10.0 Å². The minimum Gasteiger partial charge on any atom is -0.494 e. The van der Waals surface area contributed by atoms with Gasteiger partial charge in [0, 0.05) is 29.9 Å². The maximum Gasteiger partial charge on any atom is 0.326 e. The molecule has 5 aromatic carbocycles. The number of rotatable bonds is 12. The van der Waals surface area contributed by atoms with Gasteiger partial charge in [-0.15, -0.1) is 0 Å². The van der Waals surface area contributed by atoms with Gasteiger partial charge in [0.05, 0.1) is 11.5 Å². The number of carbonyl (C=O) groups is 1.